The third-order valence-corrected chi connectivity index (χ3v) is 5.14. The summed E-state index contributed by atoms with van der Waals surface area (Å²) >= 11 is 3.43. The lowest BCUT2D eigenvalue weighted by atomic mass is 10.1. The first-order valence-corrected chi connectivity index (χ1v) is 10.3. The molecule has 0 heterocycles. The number of para-hydroxylation sites is 1. The quantitative estimate of drug-likeness (QED) is 0.469. The van der Waals surface area contributed by atoms with Crippen molar-refractivity contribution in [2.45, 2.75) is 6.61 Å². The van der Waals surface area contributed by atoms with Crippen LogP contribution in [0.15, 0.2) is 71.2 Å². The third kappa shape index (κ3) is 5.73. The molecule has 164 valence electrons. The van der Waals surface area contributed by atoms with E-state index in [1.54, 1.807) is 24.3 Å². The Morgan fingerprint density at radius 3 is 1.97 bits per heavy atom. The van der Waals surface area contributed by atoms with Gasteiger partial charge in [-0.25, -0.2) is 9.59 Å². The zero-order valence-corrected chi connectivity index (χ0v) is 19.0. The fourth-order valence-corrected chi connectivity index (χ4v) is 3.25. The summed E-state index contributed by atoms with van der Waals surface area (Å²) in [6, 6.07) is 18.6. The van der Waals surface area contributed by atoms with Crippen LogP contribution in [0.2, 0.25) is 0 Å². The first kappa shape index (κ1) is 23.0. The minimum atomic E-state index is -0.638. The van der Waals surface area contributed by atoms with Crippen LogP contribution in [0.4, 0.5) is 5.69 Å². The Kier molecular flexibility index (Phi) is 7.62. The predicted octanol–water partition coefficient (Wildman–Crippen LogP) is 4.85. The van der Waals surface area contributed by atoms with Gasteiger partial charge in [0, 0.05) is 11.3 Å². The lowest BCUT2D eigenvalue weighted by molar-refractivity contribution is 0.0599. The molecule has 0 atom stereocenters. The normalized spacial score (nSPS) is 10.2. The molecule has 0 aliphatic heterocycles. The summed E-state index contributed by atoms with van der Waals surface area (Å²) in [5.74, 6) is -0.955. The van der Waals surface area contributed by atoms with Crippen LogP contribution in [-0.4, -0.2) is 32.1 Å². The van der Waals surface area contributed by atoms with Crippen molar-refractivity contribution in [1.82, 2.24) is 0 Å². The van der Waals surface area contributed by atoms with E-state index in [1.165, 1.54) is 32.4 Å². The third-order valence-electron chi connectivity index (χ3n) is 4.48. The molecular formula is C24H20BrNO6. The van der Waals surface area contributed by atoms with Crippen molar-refractivity contribution < 1.29 is 28.6 Å². The Labute approximate surface area is 193 Å². The second-order valence-corrected chi connectivity index (χ2v) is 7.51. The van der Waals surface area contributed by atoms with E-state index in [2.05, 4.69) is 21.2 Å². The van der Waals surface area contributed by atoms with E-state index in [-0.39, 0.29) is 16.8 Å². The minimum Gasteiger partial charge on any atom is -0.488 e. The van der Waals surface area contributed by atoms with Crippen molar-refractivity contribution >= 4 is 39.5 Å². The number of hydrogen-bond donors (Lipinski definition) is 1. The molecule has 0 radical (unpaired) electrons. The topological polar surface area (TPSA) is 90.9 Å². The zero-order valence-electron chi connectivity index (χ0n) is 17.4. The summed E-state index contributed by atoms with van der Waals surface area (Å²) in [6.07, 6.45) is 0. The number of carbonyl (C=O) groups excluding carboxylic acids is 3. The minimum absolute atomic E-state index is 0.116. The van der Waals surface area contributed by atoms with Crippen LogP contribution < -0.4 is 10.1 Å². The van der Waals surface area contributed by atoms with Crippen molar-refractivity contribution in [2.75, 3.05) is 19.5 Å². The molecule has 0 saturated heterocycles. The lowest BCUT2D eigenvalue weighted by Crippen LogP contribution is -2.14. The van der Waals surface area contributed by atoms with Gasteiger partial charge in [0.15, 0.2) is 0 Å². The first-order chi connectivity index (χ1) is 15.4. The molecule has 0 unspecified atom stereocenters. The fourth-order valence-electron chi connectivity index (χ4n) is 2.85. The van der Waals surface area contributed by atoms with Gasteiger partial charge >= 0.3 is 11.9 Å². The Hall–Kier alpha value is -3.65. The van der Waals surface area contributed by atoms with Gasteiger partial charge in [0.05, 0.1) is 29.8 Å². The number of amides is 1. The van der Waals surface area contributed by atoms with E-state index >= 15 is 0 Å². The molecular weight excluding hydrogens is 478 g/mol. The zero-order chi connectivity index (χ0) is 23.1. The van der Waals surface area contributed by atoms with E-state index < -0.39 is 17.8 Å². The highest BCUT2D eigenvalue weighted by molar-refractivity contribution is 9.10. The van der Waals surface area contributed by atoms with Crippen LogP contribution in [0.1, 0.15) is 36.6 Å². The van der Waals surface area contributed by atoms with Gasteiger partial charge in [-0.1, -0.05) is 24.3 Å². The Morgan fingerprint density at radius 1 is 0.812 bits per heavy atom. The Balaban J connectivity index is 1.72. The number of halogens is 1. The van der Waals surface area contributed by atoms with Gasteiger partial charge in [-0.05, 0) is 64.0 Å². The monoisotopic (exact) mass is 497 g/mol. The molecule has 3 rings (SSSR count). The number of hydrogen-bond acceptors (Lipinski definition) is 6. The molecule has 0 aromatic heterocycles. The number of esters is 2. The van der Waals surface area contributed by atoms with Gasteiger partial charge in [-0.2, -0.15) is 0 Å². The predicted molar refractivity (Wildman–Crippen MR) is 122 cm³/mol. The maximum absolute atomic E-state index is 12.7. The van der Waals surface area contributed by atoms with Crippen LogP contribution in [0, 0.1) is 0 Å². The smallest absolute Gasteiger partial charge is 0.337 e. The average Bonchev–Trinajstić information content (AvgIpc) is 2.82. The molecule has 0 saturated carbocycles. The van der Waals surface area contributed by atoms with Gasteiger partial charge in [-0.15, -0.1) is 0 Å². The van der Waals surface area contributed by atoms with Gasteiger partial charge in [0.25, 0.3) is 5.91 Å². The van der Waals surface area contributed by atoms with Crippen molar-refractivity contribution in [1.29, 1.82) is 0 Å². The second-order valence-electron chi connectivity index (χ2n) is 6.65. The molecule has 3 aromatic rings. The van der Waals surface area contributed by atoms with Crippen LogP contribution in [-0.2, 0) is 16.1 Å². The summed E-state index contributed by atoms with van der Waals surface area (Å²) in [4.78, 5) is 36.5. The van der Waals surface area contributed by atoms with E-state index in [4.69, 9.17) is 14.2 Å². The van der Waals surface area contributed by atoms with Gasteiger partial charge in [0.1, 0.15) is 12.4 Å². The summed E-state index contributed by atoms with van der Waals surface area (Å²) in [7, 11) is 2.46. The lowest BCUT2D eigenvalue weighted by Gasteiger charge is -2.11. The summed E-state index contributed by atoms with van der Waals surface area (Å²) in [6.45, 7) is 0.341. The molecule has 0 bridgehead atoms. The van der Waals surface area contributed by atoms with Crippen LogP contribution in [0.5, 0.6) is 5.75 Å². The SMILES string of the molecule is COC(=O)c1cc(NC(=O)c2ccc(COc3ccccc3Br)cc2)cc(C(=O)OC)c1. The first-order valence-electron chi connectivity index (χ1n) is 9.50. The molecule has 0 spiro atoms. The highest BCUT2D eigenvalue weighted by Gasteiger charge is 2.15. The molecule has 3 aromatic carbocycles. The van der Waals surface area contributed by atoms with Crippen LogP contribution >= 0.6 is 15.9 Å². The van der Waals surface area contributed by atoms with Gasteiger partial charge in [-0.3, -0.25) is 4.79 Å². The molecule has 0 aliphatic rings. The largest absolute Gasteiger partial charge is 0.488 e. The number of nitrogens with one attached hydrogen (secondary N) is 1. The highest BCUT2D eigenvalue weighted by atomic mass is 79.9. The Bertz CT molecular complexity index is 1110. The van der Waals surface area contributed by atoms with Crippen LogP contribution in [0.3, 0.4) is 0 Å². The summed E-state index contributed by atoms with van der Waals surface area (Å²) < 4.78 is 16.0. The van der Waals surface area contributed by atoms with E-state index in [0.717, 1.165) is 15.8 Å². The van der Waals surface area contributed by atoms with Crippen LogP contribution in [0.25, 0.3) is 0 Å². The van der Waals surface area contributed by atoms with Gasteiger partial charge in [0.2, 0.25) is 0 Å². The number of benzene rings is 3. The standard InChI is InChI=1S/C24H20BrNO6/c1-30-23(28)17-11-18(24(29)31-2)13-19(12-17)26-22(27)16-9-7-15(8-10-16)14-32-21-6-4-3-5-20(21)25/h3-13H,14H2,1-2H3,(H,26,27). The molecule has 7 nitrogen and oxygen atoms in total. The maximum Gasteiger partial charge on any atom is 0.337 e. The maximum atomic E-state index is 12.7. The number of rotatable bonds is 7. The second kappa shape index (κ2) is 10.6. The molecule has 1 N–H and O–H groups in total. The van der Waals surface area contributed by atoms with E-state index in [1.807, 2.05) is 24.3 Å². The number of anilines is 1. The highest BCUT2D eigenvalue weighted by Crippen LogP contribution is 2.25. The molecule has 32 heavy (non-hydrogen) atoms. The van der Waals surface area contributed by atoms with E-state index in [0.29, 0.717) is 12.2 Å². The Morgan fingerprint density at radius 2 is 1.41 bits per heavy atom. The fraction of sp³-hybridized carbons (Fsp3) is 0.125. The summed E-state index contributed by atoms with van der Waals surface area (Å²) in [5, 5.41) is 2.69. The molecule has 8 heteroatoms. The molecule has 0 aliphatic carbocycles. The average molecular weight is 498 g/mol. The van der Waals surface area contributed by atoms with Crippen molar-refractivity contribution in [3.05, 3.63) is 93.5 Å². The number of ether oxygens (including phenoxy) is 3. The van der Waals surface area contributed by atoms with Crippen molar-refractivity contribution in [3.8, 4) is 5.75 Å². The van der Waals surface area contributed by atoms with Gasteiger partial charge < -0.3 is 19.5 Å². The molecule has 1 amide bonds. The number of methoxy groups -OCH3 is 2. The van der Waals surface area contributed by atoms with E-state index in [9.17, 15) is 14.4 Å². The van der Waals surface area contributed by atoms with Crippen molar-refractivity contribution in [2.24, 2.45) is 0 Å². The molecule has 0 fully saturated rings. The number of carbonyl (C=O) groups is 3. The summed E-state index contributed by atoms with van der Waals surface area (Å²) in [5.41, 5.74) is 1.78. The van der Waals surface area contributed by atoms with Crippen molar-refractivity contribution in [3.63, 3.8) is 0 Å².